The summed E-state index contributed by atoms with van der Waals surface area (Å²) in [7, 11) is 0. The average Bonchev–Trinajstić information content (AvgIpc) is 2.96. The number of carbonyl (C=O) groups is 2. The quantitative estimate of drug-likeness (QED) is 0.666. The minimum atomic E-state index is -1.17. The number of H-pyrrole nitrogens is 1. The zero-order valence-electron chi connectivity index (χ0n) is 10.6. The van der Waals surface area contributed by atoms with Crippen molar-refractivity contribution >= 4 is 28.9 Å². The molecule has 21 heavy (non-hydrogen) atoms. The van der Waals surface area contributed by atoms with Gasteiger partial charge in [-0.2, -0.15) is 0 Å². The fourth-order valence-electron chi connectivity index (χ4n) is 1.90. The Kier molecular flexibility index (Phi) is 3.03. The monoisotopic (exact) mass is 283 g/mol. The normalized spacial score (nSPS) is 10.5. The van der Waals surface area contributed by atoms with Crippen molar-refractivity contribution in [2.45, 2.75) is 0 Å². The highest BCUT2D eigenvalue weighted by atomic mass is 16.4. The first-order valence-electron chi connectivity index (χ1n) is 5.94. The molecule has 0 saturated carbocycles. The Bertz CT molecular complexity index is 842. The van der Waals surface area contributed by atoms with E-state index in [1.165, 1.54) is 24.8 Å². The number of fused-ring (bicyclic) bond motifs is 1. The summed E-state index contributed by atoms with van der Waals surface area (Å²) < 4.78 is 0. The van der Waals surface area contributed by atoms with Gasteiger partial charge in [-0.3, -0.25) is 4.79 Å². The predicted molar refractivity (Wildman–Crippen MR) is 73.0 cm³/mol. The van der Waals surface area contributed by atoms with E-state index < -0.39 is 11.9 Å². The van der Waals surface area contributed by atoms with Gasteiger partial charge in [0.25, 0.3) is 5.91 Å². The average molecular weight is 283 g/mol. The van der Waals surface area contributed by atoms with Gasteiger partial charge < -0.3 is 15.4 Å². The van der Waals surface area contributed by atoms with Gasteiger partial charge >= 0.3 is 5.97 Å². The smallest absolute Gasteiger partial charge is 0.336 e. The molecule has 8 heteroatoms. The number of carboxylic acids is 1. The van der Waals surface area contributed by atoms with Crippen LogP contribution in [0.1, 0.15) is 20.7 Å². The molecule has 0 unspecified atom stereocenters. The maximum atomic E-state index is 12.2. The van der Waals surface area contributed by atoms with Gasteiger partial charge in [-0.15, -0.1) is 0 Å². The van der Waals surface area contributed by atoms with E-state index >= 15 is 0 Å². The number of carboxylic acid groups (broad SMARTS) is 1. The summed E-state index contributed by atoms with van der Waals surface area (Å²) in [5, 5.41) is 11.7. The molecule has 3 aromatic rings. The molecule has 0 aliphatic heterocycles. The number of anilines is 1. The Labute approximate surface area is 117 Å². The molecule has 104 valence electrons. The first kappa shape index (κ1) is 12.7. The van der Waals surface area contributed by atoms with E-state index in [2.05, 4.69) is 25.3 Å². The van der Waals surface area contributed by atoms with Crippen LogP contribution in [0.5, 0.6) is 0 Å². The highest BCUT2D eigenvalue weighted by molar-refractivity contribution is 6.11. The molecule has 3 rings (SSSR count). The molecule has 2 aromatic heterocycles. The molecule has 0 atom stereocenters. The largest absolute Gasteiger partial charge is 0.478 e. The lowest BCUT2D eigenvalue weighted by Gasteiger charge is -2.07. The molecule has 0 aliphatic carbocycles. The van der Waals surface area contributed by atoms with E-state index in [1.807, 2.05) is 0 Å². The third kappa shape index (κ3) is 2.29. The van der Waals surface area contributed by atoms with E-state index in [0.29, 0.717) is 11.2 Å². The Morgan fingerprint density at radius 3 is 2.62 bits per heavy atom. The van der Waals surface area contributed by atoms with Crippen molar-refractivity contribution in [3.05, 3.63) is 48.0 Å². The second kappa shape index (κ2) is 5.00. The third-order valence-electron chi connectivity index (χ3n) is 2.86. The van der Waals surface area contributed by atoms with Gasteiger partial charge in [-0.1, -0.05) is 12.1 Å². The van der Waals surface area contributed by atoms with Gasteiger partial charge in [0.15, 0.2) is 11.5 Å². The second-order valence-corrected chi connectivity index (χ2v) is 4.13. The summed E-state index contributed by atoms with van der Waals surface area (Å²) in [5.41, 5.74) is 0.853. The molecule has 0 saturated heterocycles. The number of rotatable bonds is 3. The van der Waals surface area contributed by atoms with Crippen LogP contribution in [0, 0.1) is 0 Å². The van der Waals surface area contributed by atoms with Gasteiger partial charge in [0.2, 0.25) is 0 Å². The number of amides is 1. The standard InChI is InChI=1S/C13H9N5O3/c19-12(7-3-1-2-4-8(7)13(20)21)18-11-9-10(15-5-14-9)16-6-17-11/h1-6H,(H,20,21)(H2,14,15,16,17,18,19). The van der Waals surface area contributed by atoms with Crippen molar-refractivity contribution in [2.75, 3.05) is 5.32 Å². The van der Waals surface area contributed by atoms with Crippen molar-refractivity contribution in [1.29, 1.82) is 0 Å². The van der Waals surface area contributed by atoms with Gasteiger partial charge in [-0.25, -0.2) is 19.7 Å². The van der Waals surface area contributed by atoms with Crippen molar-refractivity contribution in [3.8, 4) is 0 Å². The SMILES string of the molecule is O=C(O)c1ccccc1C(=O)Nc1ncnc2nc[nH]c12. The van der Waals surface area contributed by atoms with Crippen LogP contribution in [0.4, 0.5) is 5.82 Å². The van der Waals surface area contributed by atoms with Crippen LogP contribution in [-0.2, 0) is 0 Å². The van der Waals surface area contributed by atoms with Gasteiger partial charge in [0.05, 0.1) is 17.5 Å². The van der Waals surface area contributed by atoms with Crippen LogP contribution in [0.25, 0.3) is 11.2 Å². The second-order valence-electron chi connectivity index (χ2n) is 4.13. The van der Waals surface area contributed by atoms with Crippen molar-refractivity contribution in [1.82, 2.24) is 19.9 Å². The maximum absolute atomic E-state index is 12.2. The summed E-state index contributed by atoms with van der Waals surface area (Å²) in [6.07, 6.45) is 2.70. The van der Waals surface area contributed by atoms with Crippen LogP contribution in [0.3, 0.4) is 0 Å². The van der Waals surface area contributed by atoms with E-state index in [-0.39, 0.29) is 16.9 Å². The fourth-order valence-corrected chi connectivity index (χ4v) is 1.90. The summed E-state index contributed by atoms with van der Waals surface area (Å²) in [4.78, 5) is 38.0. The highest BCUT2D eigenvalue weighted by Gasteiger charge is 2.17. The molecule has 8 nitrogen and oxygen atoms in total. The molecule has 2 heterocycles. The number of aromatic nitrogens is 4. The highest BCUT2D eigenvalue weighted by Crippen LogP contribution is 2.17. The lowest BCUT2D eigenvalue weighted by atomic mass is 10.1. The van der Waals surface area contributed by atoms with E-state index in [0.717, 1.165) is 0 Å². The zero-order valence-corrected chi connectivity index (χ0v) is 10.6. The number of nitrogens with zero attached hydrogens (tertiary/aromatic N) is 3. The lowest BCUT2D eigenvalue weighted by molar-refractivity contribution is 0.0692. The Balaban J connectivity index is 1.97. The van der Waals surface area contributed by atoms with Crippen molar-refractivity contribution in [2.24, 2.45) is 0 Å². The summed E-state index contributed by atoms with van der Waals surface area (Å²) in [6, 6.07) is 5.94. The number of aromatic amines is 1. The Hall–Kier alpha value is -3.29. The van der Waals surface area contributed by atoms with Crippen molar-refractivity contribution < 1.29 is 14.7 Å². The summed E-state index contributed by atoms with van der Waals surface area (Å²) >= 11 is 0. The van der Waals surface area contributed by atoms with Crippen LogP contribution >= 0.6 is 0 Å². The summed E-state index contributed by atoms with van der Waals surface area (Å²) in [6.45, 7) is 0. The minimum absolute atomic E-state index is 0.0521. The van der Waals surface area contributed by atoms with E-state index in [1.54, 1.807) is 12.1 Å². The minimum Gasteiger partial charge on any atom is -0.478 e. The Morgan fingerprint density at radius 1 is 1.10 bits per heavy atom. The van der Waals surface area contributed by atoms with Crippen LogP contribution in [-0.4, -0.2) is 36.9 Å². The number of aromatic carboxylic acids is 1. The molecule has 3 N–H and O–H groups in total. The predicted octanol–water partition coefficient (Wildman–Crippen LogP) is 1.30. The fraction of sp³-hybridized carbons (Fsp3) is 0. The number of hydrogen-bond acceptors (Lipinski definition) is 5. The van der Waals surface area contributed by atoms with Gasteiger partial charge in [0.1, 0.15) is 11.8 Å². The molecule has 0 radical (unpaired) electrons. The van der Waals surface area contributed by atoms with Crippen LogP contribution in [0.15, 0.2) is 36.9 Å². The molecule has 0 fully saturated rings. The molecule has 0 bridgehead atoms. The number of nitrogens with one attached hydrogen (secondary N) is 2. The van der Waals surface area contributed by atoms with E-state index in [4.69, 9.17) is 5.11 Å². The molecular formula is C13H9N5O3. The maximum Gasteiger partial charge on any atom is 0.336 e. The van der Waals surface area contributed by atoms with Crippen LogP contribution in [0.2, 0.25) is 0 Å². The van der Waals surface area contributed by atoms with E-state index in [9.17, 15) is 9.59 Å². The topological polar surface area (TPSA) is 121 Å². The van der Waals surface area contributed by atoms with Crippen LogP contribution < -0.4 is 5.32 Å². The lowest BCUT2D eigenvalue weighted by Crippen LogP contribution is -2.17. The number of hydrogen-bond donors (Lipinski definition) is 3. The zero-order chi connectivity index (χ0) is 14.8. The van der Waals surface area contributed by atoms with Gasteiger partial charge in [-0.05, 0) is 12.1 Å². The number of imidazole rings is 1. The number of benzene rings is 1. The number of carbonyl (C=O) groups excluding carboxylic acids is 1. The summed E-state index contributed by atoms with van der Waals surface area (Å²) in [5.74, 6) is -1.50. The first-order chi connectivity index (χ1) is 10.2. The first-order valence-corrected chi connectivity index (χ1v) is 5.94. The molecule has 0 aliphatic rings. The van der Waals surface area contributed by atoms with Gasteiger partial charge in [0, 0.05) is 0 Å². The molecule has 0 spiro atoms. The third-order valence-corrected chi connectivity index (χ3v) is 2.86. The Morgan fingerprint density at radius 2 is 1.86 bits per heavy atom. The van der Waals surface area contributed by atoms with Crippen molar-refractivity contribution in [3.63, 3.8) is 0 Å². The molecule has 1 aromatic carbocycles. The molecule has 1 amide bonds. The molecular weight excluding hydrogens is 274 g/mol.